The molecule has 0 spiro atoms. The van der Waals surface area contributed by atoms with Gasteiger partial charge in [-0.3, -0.25) is 0 Å². The van der Waals surface area contributed by atoms with Gasteiger partial charge in [-0.15, -0.1) is 94.1 Å². The van der Waals surface area contributed by atoms with E-state index in [2.05, 4.69) is 43.3 Å². The van der Waals surface area contributed by atoms with E-state index in [-0.39, 0.29) is 0 Å². The zero-order valence-electron chi connectivity index (χ0n) is 16.4. The Morgan fingerprint density at radius 2 is 0.393 bits per heavy atom. The van der Waals surface area contributed by atoms with E-state index in [1.165, 1.54) is 71.7 Å². The van der Waals surface area contributed by atoms with Crippen molar-refractivity contribution >= 4 is 94.1 Å². The Hall–Kier alpha value is 1.76. The van der Waals surface area contributed by atoms with Crippen molar-refractivity contribution in [2.75, 3.05) is 46.0 Å². The highest BCUT2D eigenvalue weighted by atomic mass is 32.2. The fourth-order valence-electron chi connectivity index (χ4n) is 1.76. The molecule has 0 atom stereocenters. The van der Waals surface area contributed by atoms with Crippen LogP contribution in [0.15, 0.2) is 43.3 Å². The smallest absolute Gasteiger partial charge is 0.00178 e. The van der Waals surface area contributed by atoms with Crippen molar-refractivity contribution < 1.29 is 0 Å². The van der Waals surface area contributed by atoms with Crippen molar-refractivity contribution in [3.63, 3.8) is 0 Å². The standard InChI is InChI=1S/C20H32S8/c1-5-21-13-15-23-7-2-9-25-17-19-27-11-4-12-28-20-18-26-10-3-8-24-16-14-22-6-1/h13-20H,1-12H2/b15-13-,16-14+,19-17+,20-18+. The molecule has 1 rings (SSSR count). The van der Waals surface area contributed by atoms with E-state index >= 15 is 0 Å². The number of hydrogen-bond acceptors (Lipinski definition) is 8. The number of rotatable bonds is 0. The zero-order valence-corrected chi connectivity index (χ0v) is 22.9. The molecule has 0 aromatic rings. The van der Waals surface area contributed by atoms with Crippen LogP contribution < -0.4 is 0 Å². The van der Waals surface area contributed by atoms with Gasteiger partial charge >= 0.3 is 0 Å². The van der Waals surface area contributed by atoms with Gasteiger partial charge in [0, 0.05) is 0 Å². The van der Waals surface area contributed by atoms with Crippen LogP contribution in [0.2, 0.25) is 0 Å². The van der Waals surface area contributed by atoms with Crippen LogP contribution in [0.4, 0.5) is 0 Å². The van der Waals surface area contributed by atoms with E-state index in [9.17, 15) is 0 Å². The van der Waals surface area contributed by atoms with Gasteiger partial charge in [-0.1, -0.05) is 0 Å². The van der Waals surface area contributed by atoms with Crippen molar-refractivity contribution in [1.82, 2.24) is 0 Å². The Bertz CT molecular complexity index is 322. The third kappa shape index (κ3) is 22.4. The molecule has 0 unspecified atom stereocenters. The lowest BCUT2D eigenvalue weighted by Gasteiger charge is -1.98. The van der Waals surface area contributed by atoms with Gasteiger partial charge < -0.3 is 0 Å². The molecule has 0 bridgehead atoms. The molecule has 0 fully saturated rings. The molecule has 1 aliphatic heterocycles. The molecule has 0 nitrogen and oxygen atoms in total. The van der Waals surface area contributed by atoms with Crippen LogP contribution in [0.3, 0.4) is 0 Å². The highest BCUT2D eigenvalue weighted by Gasteiger charge is 1.91. The van der Waals surface area contributed by atoms with Crippen LogP contribution in [0.25, 0.3) is 0 Å². The molecule has 160 valence electrons. The average molecular weight is 529 g/mol. The van der Waals surface area contributed by atoms with Crippen LogP contribution in [-0.2, 0) is 0 Å². The van der Waals surface area contributed by atoms with Gasteiger partial charge in [0.25, 0.3) is 0 Å². The summed E-state index contributed by atoms with van der Waals surface area (Å²) in [5, 5.41) is 18.2. The molecule has 0 saturated heterocycles. The molecular weight excluding hydrogens is 497 g/mol. The first kappa shape index (κ1) is 27.8. The molecular formula is C20H32S8. The largest absolute Gasteiger partial charge is 0.134 e. The van der Waals surface area contributed by atoms with Crippen LogP contribution in [0.1, 0.15) is 25.7 Å². The van der Waals surface area contributed by atoms with Gasteiger partial charge in [-0.25, -0.2) is 0 Å². The van der Waals surface area contributed by atoms with Crippen molar-refractivity contribution in [1.29, 1.82) is 0 Å². The molecule has 1 heterocycles. The summed E-state index contributed by atoms with van der Waals surface area (Å²) in [7, 11) is 0. The molecule has 0 aliphatic carbocycles. The fourth-order valence-corrected chi connectivity index (χ4v) is 8.58. The molecule has 0 N–H and O–H groups in total. The minimum atomic E-state index is 1.23. The van der Waals surface area contributed by atoms with E-state index in [1.807, 2.05) is 94.1 Å². The van der Waals surface area contributed by atoms with E-state index < -0.39 is 0 Å². The maximum atomic E-state index is 2.27. The van der Waals surface area contributed by atoms with E-state index in [0.29, 0.717) is 0 Å². The van der Waals surface area contributed by atoms with Gasteiger partial charge in [0.1, 0.15) is 0 Å². The number of thioether (sulfide) groups is 8. The molecule has 0 aromatic carbocycles. The Labute approximate surface area is 207 Å². The van der Waals surface area contributed by atoms with Gasteiger partial charge in [0.05, 0.1) is 0 Å². The minimum Gasteiger partial charge on any atom is -0.134 e. The normalized spacial score (nSPS) is 26.3. The Morgan fingerprint density at radius 1 is 0.250 bits per heavy atom. The lowest BCUT2D eigenvalue weighted by molar-refractivity contribution is 1.13. The Kier molecular flexibility index (Phi) is 24.8. The first-order valence-electron chi connectivity index (χ1n) is 9.53. The maximum absolute atomic E-state index is 2.27. The summed E-state index contributed by atoms with van der Waals surface area (Å²) in [5.41, 5.74) is 0. The molecule has 1 aliphatic rings. The topological polar surface area (TPSA) is 0 Å². The van der Waals surface area contributed by atoms with Crippen molar-refractivity contribution in [2.24, 2.45) is 0 Å². The second-order valence-corrected chi connectivity index (χ2v) is 13.6. The third-order valence-electron chi connectivity index (χ3n) is 3.09. The predicted octanol–water partition coefficient (Wildman–Crippen LogP) is 9.31. The maximum Gasteiger partial charge on any atom is -0.00178 e. The molecule has 0 amide bonds. The fraction of sp³-hybridized carbons (Fsp3) is 0.600. The second kappa shape index (κ2) is 25.0. The van der Waals surface area contributed by atoms with Gasteiger partial charge in [0.15, 0.2) is 0 Å². The highest BCUT2D eigenvalue weighted by Crippen LogP contribution is 2.18. The minimum absolute atomic E-state index is 1.23. The average Bonchev–Trinajstić information content (AvgIpc) is 2.71. The van der Waals surface area contributed by atoms with E-state index in [1.54, 1.807) is 0 Å². The predicted molar refractivity (Wildman–Crippen MR) is 155 cm³/mol. The lowest BCUT2D eigenvalue weighted by Crippen LogP contribution is -1.82. The third-order valence-corrected chi connectivity index (χ3v) is 10.6. The van der Waals surface area contributed by atoms with Crippen molar-refractivity contribution in [3.05, 3.63) is 43.3 Å². The van der Waals surface area contributed by atoms with Crippen LogP contribution >= 0.6 is 94.1 Å². The van der Waals surface area contributed by atoms with E-state index in [4.69, 9.17) is 0 Å². The number of hydrogen-bond donors (Lipinski definition) is 0. The molecule has 28 heavy (non-hydrogen) atoms. The lowest BCUT2D eigenvalue weighted by atomic mass is 10.6. The molecule has 0 saturated carbocycles. The first-order chi connectivity index (χ1) is 14.0. The van der Waals surface area contributed by atoms with Crippen LogP contribution in [0.5, 0.6) is 0 Å². The SMILES string of the molecule is C1=C\SCCCS/C=C/SCCCS/C=C/SCCCS/C=C/SCCCS/1. The summed E-state index contributed by atoms with van der Waals surface area (Å²) in [4.78, 5) is 0. The van der Waals surface area contributed by atoms with Crippen LogP contribution in [0, 0.1) is 0 Å². The van der Waals surface area contributed by atoms with Gasteiger partial charge in [0.2, 0.25) is 0 Å². The Morgan fingerprint density at radius 3 is 0.536 bits per heavy atom. The molecule has 0 radical (unpaired) electrons. The monoisotopic (exact) mass is 528 g/mol. The summed E-state index contributed by atoms with van der Waals surface area (Å²) in [6.45, 7) is 0. The molecule has 8 heteroatoms. The first-order valence-corrected chi connectivity index (χ1v) is 17.9. The summed E-state index contributed by atoms with van der Waals surface area (Å²) >= 11 is 15.6. The summed E-state index contributed by atoms with van der Waals surface area (Å²) in [5.74, 6) is 9.83. The van der Waals surface area contributed by atoms with Crippen molar-refractivity contribution in [2.45, 2.75) is 25.7 Å². The van der Waals surface area contributed by atoms with Gasteiger partial charge in [-0.05, 0) is 115 Å². The summed E-state index contributed by atoms with van der Waals surface area (Å²) in [6, 6.07) is 0. The summed E-state index contributed by atoms with van der Waals surface area (Å²) < 4.78 is 0. The zero-order chi connectivity index (χ0) is 19.8. The van der Waals surface area contributed by atoms with E-state index in [0.717, 1.165) is 0 Å². The second-order valence-electron chi connectivity index (χ2n) is 5.47. The summed E-state index contributed by atoms with van der Waals surface area (Å²) in [6.07, 6.45) is 5.12. The quantitative estimate of drug-likeness (QED) is 0.301. The van der Waals surface area contributed by atoms with Crippen molar-refractivity contribution in [3.8, 4) is 0 Å². The Balaban J connectivity index is 2.15. The molecule has 0 aromatic heterocycles. The van der Waals surface area contributed by atoms with Crippen LogP contribution in [-0.4, -0.2) is 46.0 Å². The van der Waals surface area contributed by atoms with Gasteiger partial charge in [-0.2, -0.15) is 0 Å². The highest BCUT2D eigenvalue weighted by molar-refractivity contribution is 8.07.